The smallest absolute Gasteiger partial charge is 0.416 e. The maximum atomic E-state index is 13.4. The number of likely N-dealkylation sites (tertiary alicyclic amines) is 1. The first-order valence-electron chi connectivity index (χ1n) is 10.4. The second-order valence-corrected chi connectivity index (χ2v) is 7.74. The van der Waals surface area contributed by atoms with Gasteiger partial charge < -0.3 is 15.0 Å². The molecule has 1 N–H and O–H groups in total. The first-order chi connectivity index (χ1) is 15.6. The lowest BCUT2D eigenvalue weighted by atomic mass is 10.00. The van der Waals surface area contributed by atoms with Gasteiger partial charge in [-0.2, -0.15) is 13.2 Å². The van der Waals surface area contributed by atoms with Gasteiger partial charge in [0.1, 0.15) is 5.75 Å². The van der Waals surface area contributed by atoms with E-state index in [1.54, 1.807) is 0 Å². The van der Waals surface area contributed by atoms with Crippen LogP contribution in [-0.4, -0.2) is 49.4 Å². The highest BCUT2D eigenvalue weighted by atomic mass is 19.4. The highest BCUT2D eigenvalue weighted by molar-refractivity contribution is 5.94. The third-order valence-electron chi connectivity index (χ3n) is 5.30. The highest BCUT2D eigenvalue weighted by Gasteiger charge is 2.36. The van der Waals surface area contributed by atoms with Crippen molar-refractivity contribution in [1.29, 1.82) is 0 Å². The number of hydrogen-bond acceptors (Lipinski definition) is 3. The number of nitrogens with one attached hydrogen (secondary N) is 1. The van der Waals surface area contributed by atoms with Crippen LogP contribution >= 0.6 is 0 Å². The summed E-state index contributed by atoms with van der Waals surface area (Å²) in [5.41, 5.74) is 0.0864. The van der Waals surface area contributed by atoms with Gasteiger partial charge in [-0.1, -0.05) is 12.1 Å². The first-order valence-corrected chi connectivity index (χ1v) is 10.4. The van der Waals surface area contributed by atoms with Crippen LogP contribution in [-0.2, 0) is 11.0 Å². The molecule has 0 unspecified atom stereocenters. The van der Waals surface area contributed by atoms with Crippen LogP contribution in [0.5, 0.6) is 5.75 Å². The van der Waals surface area contributed by atoms with Gasteiger partial charge in [0, 0.05) is 38.0 Å². The van der Waals surface area contributed by atoms with Crippen LogP contribution in [0.4, 0.5) is 22.0 Å². The van der Waals surface area contributed by atoms with Gasteiger partial charge in [0.2, 0.25) is 6.41 Å². The number of ether oxygens (including phenoxy) is 1. The molecule has 3 rings (SSSR count). The zero-order valence-electron chi connectivity index (χ0n) is 17.6. The Balaban J connectivity index is 1.76. The number of amides is 2. The normalized spacial score (nSPS) is 15.7. The molecule has 1 fully saturated rings. The van der Waals surface area contributed by atoms with Gasteiger partial charge in [0.05, 0.1) is 12.2 Å². The van der Waals surface area contributed by atoms with E-state index in [-0.39, 0.29) is 36.6 Å². The molecule has 1 aliphatic heterocycles. The molecule has 1 aliphatic rings. The van der Waals surface area contributed by atoms with E-state index in [9.17, 15) is 31.5 Å². The Morgan fingerprint density at radius 3 is 2.33 bits per heavy atom. The minimum absolute atomic E-state index is 0.0281. The van der Waals surface area contributed by atoms with Crippen LogP contribution in [0.1, 0.15) is 35.2 Å². The van der Waals surface area contributed by atoms with Gasteiger partial charge in [-0.15, -0.1) is 0 Å². The molecule has 0 spiro atoms. The maximum absolute atomic E-state index is 13.4. The third-order valence-corrected chi connectivity index (χ3v) is 5.30. The predicted molar refractivity (Wildman–Crippen MR) is 111 cm³/mol. The lowest BCUT2D eigenvalue weighted by Crippen LogP contribution is -2.42. The molecule has 178 valence electrons. The number of benzene rings is 2. The minimum atomic E-state index is -4.58. The Hall–Kier alpha value is -3.17. The molecule has 2 aromatic carbocycles. The van der Waals surface area contributed by atoms with Gasteiger partial charge in [0.25, 0.3) is 11.8 Å². The van der Waals surface area contributed by atoms with Crippen molar-refractivity contribution in [2.24, 2.45) is 0 Å². The Morgan fingerprint density at radius 1 is 1.06 bits per heavy atom. The molecule has 0 atom stereocenters. The van der Waals surface area contributed by atoms with E-state index in [1.807, 2.05) is 0 Å². The quantitative estimate of drug-likeness (QED) is 0.344. The molecule has 1 heterocycles. The topological polar surface area (TPSA) is 58.6 Å². The van der Waals surface area contributed by atoms with Crippen molar-refractivity contribution in [3.8, 4) is 16.9 Å². The molecule has 5 nitrogen and oxygen atoms in total. The summed E-state index contributed by atoms with van der Waals surface area (Å²) in [6.07, 6.45) is -4.43. The number of carbonyl (C=O) groups is 2. The van der Waals surface area contributed by atoms with E-state index < -0.39 is 36.4 Å². The van der Waals surface area contributed by atoms with Crippen LogP contribution in [0.15, 0.2) is 42.5 Å². The van der Waals surface area contributed by atoms with E-state index in [4.69, 9.17) is 4.74 Å². The van der Waals surface area contributed by atoms with Crippen molar-refractivity contribution < 1.29 is 36.3 Å². The average Bonchev–Trinajstić information content (AvgIpc) is 2.78. The van der Waals surface area contributed by atoms with Crippen molar-refractivity contribution in [1.82, 2.24) is 10.2 Å². The van der Waals surface area contributed by atoms with Crippen LogP contribution in [0, 0.1) is 0 Å². The molecule has 10 heteroatoms. The molecular weight excluding hydrogens is 447 g/mol. The fourth-order valence-corrected chi connectivity index (χ4v) is 3.46. The largest absolute Gasteiger partial charge is 0.493 e. The van der Waals surface area contributed by atoms with Crippen molar-refractivity contribution in [2.45, 2.75) is 31.4 Å². The summed E-state index contributed by atoms with van der Waals surface area (Å²) >= 11 is 0. The second-order valence-electron chi connectivity index (χ2n) is 7.74. The monoisotopic (exact) mass is 470 g/mol. The summed E-state index contributed by atoms with van der Waals surface area (Å²) in [5.74, 6) is -3.14. The van der Waals surface area contributed by atoms with E-state index in [2.05, 4.69) is 5.32 Å². The molecular formula is C23H23F5N2O3. The molecule has 0 aliphatic carbocycles. The Bertz CT molecular complexity index is 967. The molecule has 2 amide bonds. The van der Waals surface area contributed by atoms with Gasteiger partial charge >= 0.3 is 6.18 Å². The summed E-state index contributed by atoms with van der Waals surface area (Å²) in [6, 6.07) is 9.32. The molecule has 0 aromatic heterocycles. The molecule has 1 saturated heterocycles. The summed E-state index contributed by atoms with van der Waals surface area (Å²) < 4.78 is 72.2. The standard InChI is InChI=1S/C23H23F5N2O3/c24-22(25)6-9-30(10-7-22)21(32)17-4-2-16(3-5-17)18-12-19(23(26,27)28)14-20(13-18)33-11-1-8-29-15-31/h2-5,12-15H,1,6-11H2,(H,29,31). The van der Waals surface area contributed by atoms with E-state index >= 15 is 0 Å². The van der Waals surface area contributed by atoms with Gasteiger partial charge in [-0.3, -0.25) is 9.59 Å². The predicted octanol–water partition coefficient (Wildman–Crippen LogP) is 4.76. The molecule has 0 radical (unpaired) electrons. The average molecular weight is 470 g/mol. The minimum Gasteiger partial charge on any atom is -0.493 e. The fraction of sp³-hybridized carbons (Fsp3) is 0.391. The summed E-state index contributed by atoms with van der Waals surface area (Å²) in [5, 5.41) is 2.44. The van der Waals surface area contributed by atoms with Crippen LogP contribution in [0.25, 0.3) is 11.1 Å². The molecule has 0 saturated carbocycles. The maximum Gasteiger partial charge on any atom is 0.416 e. The summed E-state index contributed by atoms with van der Waals surface area (Å²) in [7, 11) is 0. The molecule has 33 heavy (non-hydrogen) atoms. The number of hydrogen-bond donors (Lipinski definition) is 1. The Labute approximate surface area is 187 Å². The second kappa shape index (κ2) is 10.2. The highest BCUT2D eigenvalue weighted by Crippen LogP contribution is 2.36. The Morgan fingerprint density at radius 2 is 1.73 bits per heavy atom. The molecule has 0 bridgehead atoms. The Kier molecular flexibility index (Phi) is 7.55. The number of halogens is 5. The van der Waals surface area contributed by atoms with Crippen LogP contribution < -0.4 is 10.1 Å². The van der Waals surface area contributed by atoms with Crippen molar-refractivity contribution in [3.63, 3.8) is 0 Å². The number of nitrogens with zero attached hydrogens (tertiary/aromatic N) is 1. The van der Waals surface area contributed by atoms with Crippen molar-refractivity contribution in [2.75, 3.05) is 26.2 Å². The summed E-state index contributed by atoms with van der Waals surface area (Å²) in [4.78, 5) is 24.2. The first kappa shape index (κ1) is 24.5. The van der Waals surface area contributed by atoms with Gasteiger partial charge in [0.15, 0.2) is 0 Å². The third kappa shape index (κ3) is 6.66. The number of alkyl halides is 5. The zero-order chi connectivity index (χ0) is 24.1. The number of rotatable bonds is 8. The zero-order valence-corrected chi connectivity index (χ0v) is 17.6. The van der Waals surface area contributed by atoms with E-state index in [0.717, 1.165) is 12.1 Å². The van der Waals surface area contributed by atoms with Crippen molar-refractivity contribution in [3.05, 3.63) is 53.6 Å². The van der Waals surface area contributed by atoms with Crippen LogP contribution in [0.2, 0.25) is 0 Å². The fourth-order valence-electron chi connectivity index (χ4n) is 3.46. The van der Waals surface area contributed by atoms with Crippen molar-refractivity contribution >= 4 is 12.3 Å². The summed E-state index contributed by atoms with van der Waals surface area (Å²) in [6.45, 7) is 0.345. The number of piperidine rings is 1. The SMILES string of the molecule is O=CNCCCOc1cc(-c2ccc(C(=O)N3CCC(F)(F)CC3)cc2)cc(C(F)(F)F)c1. The number of carbonyl (C=O) groups excluding carboxylic acids is 2. The van der Waals surface area contributed by atoms with Crippen LogP contribution in [0.3, 0.4) is 0 Å². The van der Waals surface area contributed by atoms with Gasteiger partial charge in [-0.05, 0) is 47.9 Å². The lowest BCUT2D eigenvalue weighted by molar-refractivity contribution is -0.137. The van der Waals surface area contributed by atoms with E-state index in [0.29, 0.717) is 24.9 Å². The lowest BCUT2D eigenvalue weighted by Gasteiger charge is -2.31. The van der Waals surface area contributed by atoms with Gasteiger partial charge in [-0.25, -0.2) is 8.78 Å². The van der Waals surface area contributed by atoms with E-state index in [1.165, 1.54) is 35.2 Å². The molecule has 2 aromatic rings.